The van der Waals surface area contributed by atoms with Crippen LogP contribution in [0.15, 0.2) is 42.5 Å². The van der Waals surface area contributed by atoms with E-state index in [1.165, 1.54) is 37.4 Å². The summed E-state index contributed by atoms with van der Waals surface area (Å²) in [5.41, 5.74) is 1.26. The summed E-state index contributed by atoms with van der Waals surface area (Å²) >= 11 is 0. The lowest BCUT2D eigenvalue weighted by Gasteiger charge is -2.18. The third kappa shape index (κ3) is 5.96. The Morgan fingerprint density at radius 3 is 2.46 bits per heavy atom. The van der Waals surface area contributed by atoms with Crippen LogP contribution in [-0.2, 0) is 11.3 Å². The molecule has 0 aromatic heterocycles. The van der Waals surface area contributed by atoms with Crippen molar-refractivity contribution in [3.8, 4) is 11.5 Å². The third-order valence-corrected chi connectivity index (χ3v) is 3.44. The molecule has 0 spiro atoms. The molecule has 1 N–H and O–H groups in total. The summed E-state index contributed by atoms with van der Waals surface area (Å²) in [6.45, 7) is -2.45. The van der Waals surface area contributed by atoms with Crippen LogP contribution in [-0.4, -0.2) is 38.1 Å². The Labute approximate surface area is 149 Å². The molecule has 0 saturated carbocycles. The van der Waals surface area contributed by atoms with Crippen molar-refractivity contribution in [2.75, 3.05) is 26.0 Å². The fourth-order valence-electron chi connectivity index (χ4n) is 2.35. The van der Waals surface area contributed by atoms with Crippen LogP contribution in [0.5, 0.6) is 11.5 Å². The minimum atomic E-state index is -2.94. The quantitative estimate of drug-likeness (QED) is 0.775. The van der Waals surface area contributed by atoms with Gasteiger partial charge in [-0.3, -0.25) is 9.69 Å². The molecule has 0 aliphatic rings. The van der Waals surface area contributed by atoms with E-state index in [1.807, 2.05) is 0 Å². The highest BCUT2D eigenvalue weighted by atomic mass is 19.3. The number of nitrogens with zero attached hydrogens (tertiary/aromatic N) is 1. The van der Waals surface area contributed by atoms with E-state index in [4.69, 9.17) is 4.74 Å². The maximum atomic E-state index is 12.9. The van der Waals surface area contributed by atoms with Gasteiger partial charge in [0.2, 0.25) is 5.91 Å². The van der Waals surface area contributed by atoms with Crippen LogP contribution >= 0.6 is 0 Å². The van der Waals surface area contributed by atoms with Gasteiger partial charge in [-0.05, 0) is 49.0 Å². The number of methoxy groups -OCH3 is 1. The van der Waals surface area contributed by atoms with Crippen LogP contribution in [0, 0.1) is 5.82 Å². The van der Waals surface area contributed by atoms with E-state index in [-0.39, 0.29) is 29.8 Å². The Hall–Kier alpha value is -2.74. The van der Waals surface area contributed by atoms with Gasteiger partial charge >= 0.3 is 6.61 Å². The van der Waals surface area contributed by atoms with Crippen molar-refractivity contribution in [1.29, 1.82) is 0 Å². The van der Waals surface area contributed by atoms with Crippen molar-refractivity contribution < 1.29 is 27.4 Å². The number of carbonyl (C=O) groups is 1. The van der Waals surface area contributed by atoms with Crippen molar-refractivity contribution in [2.45, 2.75) is 13.2 Å². The Morgan fingerprint density at radius 1 is 1.15 bits per heavy atom. The van der Waals surface area contributed by atoms with Gasteiger partial charge in [0.05, 0.1) is 13.7 Å². The summed E-state index contributed by atoms with van der Waals surface area (Å²) in [6, 6.07) is 10.1. The van der Waals surface area contributed by atoms with Gasteiger partial charge in [0.1, 0.15) is 5.82 Å². The topological polar surface area (TPSA) is 50.8 Å². The van der Waals surface area contributed by atoms with Gasteiger partial charge < -0.3 is 14.8 Å². The number of amides is 1. The van der Waals surface area contributed by atoms with E-state index in [1.54, 1.807) is 24.1 Å². The first-order chi connectivity index (χ1) is 12.4. The second kappa shape index (κ2) is 9.10. The fraction of sp³-hybridized carbons (Fsp3) is 0.278. The SMILES string of the molecule is COc1cc(CN(C)CC(=O)Nc2ccc(F)cc2)ccc1OC(F)F. The summed E-state index contributed by atoms with van der Waals surface area (Å²) in [5.74, 6) is -0.507. The molecule has 0 aliphatic carbocycles. The molecule has 0 atom stereocenters. The molecule has 0 bridgehead atoms. The smallest absolute Gasteiger partial charge is 0.387 e. The Kier molecular flexibility index (Phi) is 6.85. The van der Waals surface area contributed by atoms with Gasteiger partial charge in [-0.25, -0.2) is 4.39 Å². The van der Waals surface area contributed by atoms with Crippen molar-refractivity contribution in [3.63, 3.8) is 0 Å². The standard InChI is InChI=1S/C18H19F3N2O3/c1-23(11-17(24)22-14-6-4-13(19)5-7-14)10-12-3-8-15(26-18(20)21)16(9-12)25-2/h3-9,18H,10-11H2,1-2H3,(H,22,24). The first kappa shape index (κ1) is 19.6. The van der Waals surface area contributed by atoms with Crippen LogP contribution in [0.3, 0.4) is 0 Å². The van der Waals surface area contributed by atoms with Gasteiger partial charge in [-0.2, -0.15) is 8.78 Å². The molecule has 2 aromatic rings. The van der Waals surface area contributed by atoms with E-state index in [0.29, 0.717) is 12.2 Å². The molecule has 0 saturated heterocycles. The number of halogens is 3. The zero-order chi connectivity index (χ0) is 19.1. The van der Waals surface area contributed by atoms with Crippen LogP contribution in [0.25, 0.3) is 0 Å². The fourth-order valence-corrected chi connectivity index (χ4v) is 2.35. The molecule has 8 heteroatoms. The Bertz CT molecular complexity index is 739. The number of likely N-dealkylation sites (N-methyl/N-ethyl adjacent to an activating group) is 1. The van der Waals surface area contributed by atoms with E-state index in [0.717, 1.165) is 5.56 Å². The molecule has 0 unspecified atom stereocenters. The van der Waals surface area contributed by atoms with Crippen molar-refractivity contribution in [1.82, 2.24) is 4.90 Å². The van der Waals surface area contributed by atoms with E-state index < -0.39 is 6.61 Å². The molecular weight excluding hydrogens is 349 g/mol. The Balaban J connectivity index is 1.93. The zero-order valence-electron chi connectivity index (χ0n) is 14.3. The first-order valence-electron chi connectivity index (χ1n) is 7.73. The van der Waals surface area contributed by atoms with Crippen LogP contribution in [0.4, 0.5) is 18.9 Å². The number of anilines is 1. The largest absolute Gasteiger partial charge is 0.493 e. The third-order valence-electron chi connectivity index (χ3n) is 3.44. The molecule has 140 valence electrons. The number of alkyl halides is 2. The highest BCUT2D eigenvalue weighted by molar-refractivity contribution is 5.92. The summed E-state index contributed by atoms with van der Waals surface area (Å²) in [6.07, 6.45) is 0. The maximum Gasteiger partial charge on any atom is 0.387 e. The number of ether oxygens (including phenoxy) is 2. The normalized spacial score (nSPS) is 10.9. The number of hydrogen-bond acceptors (Lipinski definition) is 4. The highest BCUT2D eigenvalue weighted by Crippen LogP contribution is 2.29. The number of hydrogen-bond donors (Lipinski definition) is 1. The number of nitrogens with one attached hydrogen (secondary N) is 1. The average molecular weight is 368 g/mol. The monoisotopic (exact) mass is 368 g/mol. The summed E-state index contributed by atoms with van der Waals surface area (Å²) in [4.78, 5) is 13.8. The summed E-state index contributed by atoms with van der Waals surface area (Å²) in [5, 5.41) is 2.66. The lowest BCUT2D eigenvalue weighted by atomic mass is 10.2. The number of benzene rings is 2. The van der Waals surface area contributed by atoms with Gasteiger partial charge in [0, 0.05) is 12.2 Å². The molecule has 2 aromatic carbocycles. The number of carbonyl (C=O) groups excluding carboxylic acids is 1. The summed E-state index contributed by atoms with van der Waals surface area (Å²) < 4.78 is 47.0. The molecule has 0 fully saturated rings. The van der Waals surface area contributed by atoms with E-state index >= 15 is 0 Å². The molecule has 0 radical (unpaired) electrons. The Morgan fingerprint density at radius 2 is 1.85 bits per heavy atom. The minimum absolute atomic E-state index is 0.0528. The molecule has 26 heavy (non-hydrogen) atoms. The second-order valence-electron chi connectivity index (χ2n) is 5.59. The molecule has 1 amide bonds. The molecule has 5 nitrogen and oxygen atoms in total. The maximum absolute atomic E-state index is 12.9. The lowest BCUT2D eigenvalue weighted by Crippen LogP contribution is -2.29. The molecule has 0 aliphatic heterocycles. The molecular formula is C18H19F3N2O3. The van der Waals surface area contributed by atoms with E-state index in [9.17, 15) is 18.0 Å². The van der Waals surface area contributed by atoms with Crippen LogP contribution < -0.4 is 14.8 Å². The van der Waals surface area contributed by atoms with Crippen LogP contribution in [0.2, 0.25) is 0 Å². The predicted octanol–water partition coefficient (Wildman–Crippen LogP) is 3.51. The van der Waals surface area contributed by atoms with Crippen molar-refractivity contribution in [3.05, 3.63) is 53.8 Å². The predicted molar refractivity (Wildman–Crippen MR) is 91.0 cm³/mol. The number of rotatable bonds is 8. The van der Waals surface area contributed by atoms with E-state index in [2.05, 4.69) is 10.1 Å². The van der Waals surface area contributed by atoms with Crippen LogP contribution in [0.1, 0.15) is 5.56 Å². The second-order valence-corrected chi connectivity index (χ2v) is 5.59. The minimum Gasteiger partial charge on any atom is -0.493 e. The van der Waals surface area contributed by atoms with Gasteiger partial charge in [0.15, 0.2) is 11.5 Å². The molecule has 0 heterocycles. The first-order valence-corrected chi connectivity index (χ1v) is 7.73. The van der Waals surface area contributed by atoms with Crippen molar-refractivity contribution in [2.24, 2.45) is 0 Å². The lowest BCUT2D eigenvalue weighted by molar-refractivity contribution is -0.117. The highest BCUT2D eigenvalue weighted by Gasteiger charge is 2.13. The molecule has 2 rings (SSSR count). The zero-order valence-corrected chi connectivity index (χ0v) is 14.3. The van der Waals surface area contributed by atoms with Gasteiger partial charge in [0.25, 0.3) is 0 Å². The summed E-state index contributed by atoms with van der Waals surface area (Å²) in [7, 11) is 3.09. The average Bonchev–Trinajstić information content (AvgIpc) is 2.57. The van der Waals surface area contributed by atoms with Gasteiger partial charge in [-0.1, -0.05) is 6.07 Å². The van der Waals surface area contributed by atoms with Crippen molar-refractivity contribution >= 4 is 11.6 Å². The van der Waals surface area contributed by atoms with Gasteiger partial charge in [-0.15, -0.1) is 0 Å².